The van der Waals surface area contributed by atoms with Crippen LogP contribution >= 0.6 is 0 Å². The van der Waals surface area contributed by atoms with Gasteiger partial charge in [-0.3, -0.25) is 4.99 Å². The van der Waals surface area contributed by atoms with Gasteiger partial charge in [-0.2, -0.15) is 0 Å². The highest BCUT2D eigenvalue weighted by molar-refractivity contribution is 5.77. The number of nitrogens with zero attached hydrogens (tertiary/aromatic N) is 1. The Balaban J connectivity index is 2.51. The zero-order valence-electron chi connectivity index (χ0n) is 8.96. The Morgan fingerprint density at radius 2 is 2.27 bits per heavy atom. The lowest BCUT2D eigenvalue weighted by molar-refractivity contribution is -0.255. The number of amidine groups is 1. The molecule has 0 radical (unpaired) electrons. The smallest absolute Gasteiger partial charge is 0.186 e. The van der Waals surface area contributed by atoms with Gasteiger partial charge in [0.05, 0.1) is 24.6 Å². The number of ether oxygens (including phenoxy) is 2. The van der Waals surface area contributed by atoms with Gasteiger partial charge in [0.2, 0.25) is 0 Å². The molecule has 0 aromatic carbocycles. The van der Waals surface area contributed by atoms with Crippen LogP contribution in [0.1, 0.15) is 13.3 Å². The van der Waals surface area contributed by atoms with Crippen molar-refractivity contribution >= 4 is 5.84 Å². The van der Waals surface area contributed by atoms with Gasteiger partial charge in [-0.1, -0.05) is 0 Å². The minimum Gasteiger partial charge on any atom is -0.390 e. The van der Waals surface area contributed by atoms with Crippen LogP contribution in [0, 0.1) is 0 Å². The molecule has 0 amide bonds. The first kappa shape index (κ1) is 12.4. The molecule has 0 spiro atoms. The van der Waals surface area contributed by atoms with E-state index >= 15 is 0 Å². The molecule has 1 heterocycles. The number of aliphatic hydroxyl groups is 2. The van der Waals surface area contributed by atoms with E-state index < -0.39 is 18.5 Å². The fraction of sp³-hybridized carbons (Fsp3) is 0.889. The Labute approximate surface area is 88.7 Å². The van der Waals surface area contributed by atoms with Gasteiger partial charge in [-0.15, -0.1) is 0 Å². The SMILES string of the molecule is COC1OC(CN=C(C)N)CC(O)C1O. The van der Waals surface area contributed by atoms with Gasteiger partial charge in [-0.05, 0) is 6.92 Å². The Kier molecular flexibility index (Phi) is 4.46. The van der Waals surface area contributed by atoms with Crippen LogP contribution in [0.15, 0.2) is 4.99 Å². The molecule has 1 aliphatic heterocycles. The zero-order valence-corrected chi connectivity index (χ0v) is 8.96. The van der Waals surface area contributed by atoms with Gasteiger partial charge in [0.1, 0.15) is 6.10 Å². The summed E-state index contributed by atoms with van der Waals surface area (Å²) < 4.78 is 10.3. The first-order valence-corrected chi connectivity index (χ1v) is 4.85. The van der Waals surface area contributed by atoms with E-state index in [0.29, 0.717) is 18.8 Å². The quantitative estimate of drug-likeness (QED) is 0.410. The maximum atomic E-state index is 9.53. The van der Waals surface area contributed by atoms with E-state index in [1.165, 1.54) is 7.11 Å². The molecular formula is C9H18N2O4. The van der Waals surface area contributed by atoms with Gasteiger partial charge in [0.15, 0.2) is 6.29 Å². The maximum absolute atomic E-state index is 9.53. The second-order valence-electron chi connectivity index (χ2n) is 3.64. The average molecular weight is 218 g/mol. The maximum Gasteiger partial charge on any atom is 0.186 e. The van der Waals surface area contributed by atoms with Gasteiger partial charge in [0.25, 0.3) is 0 Å². The second-order valence-corrected chi connectivity index (χ2v) is 3.64. The van der Waals surface area contributed by atoms with E-state index in [-0.39, 0.29) is 6.10 Å². The fourth-order valence-corrected chi connectivity index (χ4v) is 1.47. The average Bonchev–Trinajstić information content (AvgIpc) is 2.19. The van der Waals surface area contributed by atoms with Crippen LogP contribution in [-0.4, -0.2) is 54.3 Å². The summed E-state index contributed by atoms with van der Waals surface area (Å²) in [5.41, 5.74) is 5.39. The third-order valence-corrected chi connectivity index (χ3v) is 2.28. The molecule has 0 saturated carbocycles. The van der Waals surface area contributed by atoms with E-state index in [0.717, 1.165) is 0 Å². The molecule has 6 heteroatoms. The Morgan fingerprint density at radius 3 is 2.80 bits per heavy atom. The first-order valence-electron chi connectivity index (χ1n) is 4.85. The van der Waals surface area contributed by atoms with Crippen molar-refractivity contribution in [2.75, 3.05) is 13.7 Å². The molecule has 4 atom stereocenters. The predicted molar refractivity (Wildman–Crippen MR) is 54.5 cm³/mol. The molecule has 1 rings (SSSR count). The van der Waals surface area contributed by atoms with E-state index in [9.17, 15) is 10.2 Å². The molecule has 1 saturated heterocycles. The molecule has 88 valence electrons. The normalized spacial score (nSPS) is 38.0. The van der Waals surface area contributed by atoms with Gasteiger partial charge >= 0.3 is 0 Å². The third-order valence-electron chi connectivity index (χ3n) is 2.28. The molecule has 4 unspecified atom stereocenters. The number of methoxy groups -OCH3 is 1. The monoisotopic (exact) mass is 218 g/mol. The highest BCUT2D eigenvalue weighted by atomic mass is 16.7. The molecule has 0 bridgehead atoms. The van der Waals surface area contributed by atoms with Crippen LogP contribution in [0.25, 0.3) is 0 Å². The first-order chi connectivity index (χ1) is 7.04. The van der Waals surface area contributed by atoms with Crippen molar-refractivity contribution in [2.45, 2.75) is 37.9 Å². The largest absolute Gasteiger partial charge is 0.390 e. The van der Waals surface area contributed by atoms with Crippen LogP contribution in [0.2, 0.25) is 0 Å². The second kappa shape index (κ2) is 5.41. The number of rotatable bonds is 3. The minimum atomic E-state index is -1.01. The number of hydrogen-bond donors (Lipinski definition) is 3. The summed E-state index contributed by atoms with van der Waals surface area (Å²) in [6.45, 7) is 2.05. The lowest BCUT2D eigenvalue weighted by Gasteiger charge is -2.35. The van der Waals surface area contributed by atoms with Crippen LogP contribution < -0.4 is 5.73 Å². The molecule has 1 aliphatic rings. The van der Waals surface area contributed by atoms with E-state index in [2.05, 4.69) is 4.99 Å². The topological polar surface area (TPSA) is 97.3 Å². The predicted octanol–water partition coefficient (Wildman–Crippen LogP) is -1.15. The molecule has 0 aromatic heterocycles. The summed E-state index contributed by atoms with van der Waals surface area (Å²) in [4.78, 5) is 4.00. The lowest BCUT2D eigenvalue weighted by Crippen LogP contribution is -2.49. The van der Waals surface area contributed by atoms with Crippen molar-refractivity contribution in [3.63, 3.8) is 0 Å². The molecular weight excluding hydrogens is 200 g/mol. The van der Waals surface area contributed by atoms with Crippen molar-refractivity contribution in [3.05, 3.63) is 0 Å². The minimum absolute atomic E-state index is 0.271. The fourth-order valence-electron chi connectivity index (χ4n) is 1.47. The number of aliphatic imine (C=N–C) groups is 1. The molecule has 0 aromatic rings. The van der Waals surface area contributed by atoms with Crippen LogP contribution in [0.4, 0.5) is 0 Å². The van der Waals surface area contributed by atoms with Crippen molar-refractivity contribution in [1.82, 2.24) is 0 Å². The molecule has 6 nitrogen and oxygen atoms in total. The van der Waals surface area contributed by atoms with Gasteiger partial charge in [0, 0.05) is 13.5 Å². The standard InChI is InChI=1S/C9H18N2O4/c1-5(10)11-4-6-3-7(12)8(13)9(14-2)15-6/h6-9,12-13H,3-4H2,1-2H3,(H2,10,11). The number of hydrogen-bond acceptors (Lipinski definition) is 5. The summed E-state index contributed by atoms with van der Waals surface area (Å²) in [6, 6.07) is 0. The Morgan fingerprint density at radius 1 is 1.60 bits per heavy atom. The highest BCUT2D eigenvalue weighted by Crippen LogP contribution is 2.20. The lowest BCUT2D eigenvalue weighted by atomic mass is 10.0. The number of aliphatic hydroxyl groups excluding tert-OH is 2. The van der Waals surface area contributed by atoms with Crippen molar-refractivity contribution in [1.29, 1.82) is 0 Å². The summed E-state index contributed by atoms with van der Waals surface area (Å²) in [7, 11) is 1.42. The Hall–Kier alpha value is -0.690. The van der Waals surface area contributed by atoms with Crippen LogP contribution in [0.3, 0.4) is 0 Å². The summed E-state index contributed by atoms with van der Waals surface area (Å²) in [6.07, 6.45) is -2.59. The van der Waals surface area contributed by atoms with E-state index in [1.807, 2.05) is 0 Å². The molecule has 4 N–H and O–H groups in total. The highest BCUT2D eigenvalue weighted by Gasteiger charge is 2.36. The third kappa shape index (κ3) is 3.42. The van der Waals surface area contributed by atoms with Crippen LogP contribution in [0.5, 0.6) is 0 Å². The number of nitrogens with two attached hydrogens (primary N) is 1. The summed E-state index contributed by atoms with van der Waals surface area (Å²) in [5, 5.41) is 19.0. The van der Waals surface area contributed by atoms with Crippen molar-refractivity contribution in [3.8, 4) is 0 Å². The van der Waals surface area contributed by atoms with E-state index in [4.69, 9.17) is 15.2 Å². The molecule has 0 aliphatic carbocycles. The van der Waals surface area contributed by atoms with E-state index in [1.54, 1.807) is 6.92 Å². The van der Waals surface area contributed by atoms with Crippen molar-refractivity contribution < 1.29 is 19.7 Å². The molecule has 15 heavy (non-hydrogen) atoms. The zero-order chi connectivity index (χ0) is 11.4. The summed E-state index contributed by atoms with van der Waals surface area (Å²) in [5.74, 6) is 0.466. The van der Waals surface area contributed by atoms with Gasteiger partial charge in [-0.25, -0.2) is 0 Å². The van der Waals surface area contributed by atoms with Gasteiger partial charge < -0.3 is 25.4 Å². The Bertz CT molecular complexity index is 230. The van der Waals surface area contributed by atoms with Crippen molar-refractivity contribution in [2.24, 2.45) is 10.7 Å². The summed E-state index contributed by atoms with van der Waals surface area (Å²) >= 11 is 0. The molecule has 1 fully saturated rings. The van der Waals surface area contributed by atoms with Crippen LogP contribution in [-0.2, 0) is 9.47 Å².